The van der Waals surface area contributed by atoms with Crippen LogP contribution in [0.4, 0.5) is 0 Å². The Labute approximate surface area is 162 Å². The molecule has 0 N–H and O–H groups in total. The molecule has 0 radical (unpaired) electrons. The molecular formula is C26H26N-. The van der Waals surface area contributed by atoms with Crippen molar-refractivity contribution in [3.63, 3.8) is 0 Å². The van der Waals surface area contributed by atoms with Gasteiger partial charge in [0.15, 0.2) is 0 Å². The summed E-state index contributed by atoms with van der Waals surface area (Å²) in [6, 6.07) is 25.6. The van der Waals surface area contributed by atoms with Gasteiger partial charge in [0, 0.05) is 23.0 Å². The molecule has 0 atom stereocenters. The molecular weight excluding hydrogens is 326 g/mol. The van der Waals surface area contributed by atoms with Crippen LogP contribution in [0.5, 0.6) is 0 Å². The molecule has 1 nitrogen and oxygen atoms in total. The van der Waals surface area contributed by atoms with Crippen LogP contribution in [0.15, 0.2) is 72.8 Å². The van der Waals surface area contributed by atoms with Gasteiger partial charge < -0.3 is 4.57 Å². The Morgan fingerprint density at radius 1 is 0.778 bits per heavy atom. The third-order valence-electron chi connectivity index (χ3n) is 5.76. The van der Waals surface area contributed by atoms with E-state index in [2.05, 4.69) is 73.0 Å². The SMILES string of the molecule is [CH-]=C(c1ccccc1)c1ccc2c(c1)c1ccccc1n2CC(CC)CC. The Bertz CT molecular complexity index is 1080. The number of para-hydroxylation sites is 1. The number of hydrogen-bond acceptors (Lipinski definition) is 0. The Morgan fingerprint density at radius 3 is 2.19 bits per heavy atom. The fourth-order valence-electron chi connectivity index (χ4n) is 4.01. The van der Waals surface area contributed by atoms with Crippen molar-refractivity contribution >= 4 is 27.4 Å². The van der Waals surface area contributed by atoms with Crippen LogP contribution < -0.4 is 0 Å². The minimum Gasteiger partial charge on any atom is -0.340 e. The maximum absolute atomic E-state index is 6.49. The molecule has 1 heteroatoms. The van der Waals surface area contributed by atoms with Gasteiger partial charge in [-0.2, -0.15) is 5.57 Å². The zero-order valence-electron chi connectivity index (χ0n) is 16.2. The van der Waals surface area contributed by atoms with E-state index in [4.69, 9.17) is 6.58 Å². The van der Waals surface area contributed by atoms with Gasteiger partial charge in [0.2, 0.25) is 0 Å². The zero-order valence-corrected chi connectivity index (χ0v) is 16.2. The number of fused-ring (bicyclic) bond motifs is 3. The molecule has 0 saturated heterocycles. The summed E-state index contributed by atoms with van der Waals surface area (Å²) in [5.41, 5.74) is 5.59. The smallest absolute Gasteiger partial charge is 0.0491 e. The van der Waals surface area contributed by atoms with Crippen LogP contribution >= 0.6 is 0 Å². The largest absolute Gasteiger partial charge is 0.340 e. The monoisotopic (exact) mass is 352 g/mol. The fourth-order valence-corrected chi connectivity index (χ4v) is 4.01. The van der Waals surface area contributed by atoms with Crippen LogP contribution in [0.25, 0.3) is 27.4 Å². The van der Waals surface area contributed by atoms with Gasteiger partial charge in [-0.1, -0.05) is 63.1 Å². The lowest BCUT2D eigenvalue weighted by atomic mass is 9.98. The first-order valence-electron chi connectivity index (χ1n) is 9.92. The van der Waals surface area contributed by atoms with Gasteiger partial charge in [0.05, 0.1) is 0 Å². The maximum Gasteiger partial charge on any atom is 0.0491 e. The van der Waals surface area contributed by atoms with E-state index in [0.717, 1.165) is 23.2 Å². The molecule has 0 unspecified atom stereocenters. The molecule has 1 heterocycles. The van der Waals surface area contributed by atoms with E-state index < -0.39 is 0 Å². The van der Waals surface area contributed by atoms with Crippen molar-refractivity contribution in [3.05, 3.63) is 90.5 Å². The number of benzene rings is 3. The van der Waals surface area contributed by atoms with Crippen LogP contribution in [0.1, 0.15) is 37.8 Å². The number of hydrogen-bond donors (Lipinski definition) is 0. The Kier molecular flexibility index (Phi) is 4.85. The molecule has 0 aliphatic carbocycles. The van der Waals surface area contributed by atoms with Crippen LogP contribution in [-0.4, -0.2) is 4.57 Å². The number of rotatable bonds is 6. The van der Waals surface area contributed by atoms with Crippen molar-refractivity contribution in [2.24, 2.45) is 5.92 Å². The summed E-state index contributed by atoms with van der Waals surface area (Å²) < 4.78 is 2.49. The normalized spacial score (nSPS) is 11.5. The first kappa shape index (κ1) is 17.6. The van der Waals surface area contributed by atoms with Crippen molar-refractivity contribution in [3.8, 4) is 0 Å². The molecule has 0 aliphatic heterocycles. The van der Waals surface area contributed by atoms with Crippen molar-refractivity contribution in [1.82, 2.24) is 4.57 Å². The first-order chi connectivity index (χ1) is 13.2. The highest BCUT2D eigenvalue weighted by atomic mass is 15.0. The summed E-state index contributed by atoms with van der Waals surface area (Å²) in [6.07, 6.45) is 2.41. The highest BCUT2D eigenvalue weighted by Gasteiger charge is 2.13. The van der Waals surface area contributed by atoms with Crippen molar-refractivity contribution < 1.29 is 0 Å². The molecule has 0 aliphatic rings. The average Bonchev–Trinajstić information content (AvgIpc) is 3.05. The molecule has 0 fully saturated rings. The predicted molar refractivity (Wildman–Crippen MR) is 117 cm³/mol. The summed E-state index contributed by atoms with van der Waals surface area (Å²) >= 11 is 0. The Morgan fingerprint density at radius 2 is 1.44 bits per heavy atom. The quantitative estimate of drug-likeness (QED) is 0.326. The average molecular weight is 353 g/mol. The standard InChI is InChI=1S/C26H26N/c1-4-20(5-2)18-27-25-14-10-9-13-23(25)24-17-22(15-16-26(24)27)19(3)21-11-7-6-8-12-21/h3,6-17,20H,4-5,18H2,1-2H3/q-1. The molecule has 1 aromatic heterocycles. The molecule has 4 rings (SSSR count). The zero-order chi connectivity index (χ0) is 18.8. The molecule has 0 bridgehead atoms. The summed E-state index contributed by atoms with van der Waals surface area (Å²) in [5.74, 6) is 0.699. The van der Waals surface area contributed by atoms with Crippen LogP contribution in [-0.2, 0) is 6.54 Å². The van der Waals surface area contributed by atoms with Crippen LogP contribution in [0.3, 0.4) is 0 Å². The third kappa shape index (κ3) is 3.19. The molecule has 4 aromatic rings. The highest BCUT2D eigenvalue weighted by molar-refractivity contribution is 6.09. The maximum atomic E-state index is 6.49. The Hall–Kier alpha value is -2.80. The first-order valence-corrected chi connectivity index (χ1v) is 9.92. The molecule has 0 saturated carbocycles. The molecule has 0 spiro atoms. The lowest BCUT2D eigenvalue weighted by molar-refractivity contribution is 0.431. The molecule has 27 heavy (non-hydrogen) atoms. The van der Waals surface area contributed by atoms with Crippen LogP contribution in [0, 0.1) is 12.5 Å². The summed E-state index contributed by atoms with van der Waals surface area (Å²) in [7, 11) is 0. The van der Waals surface area contributed by atoms with Gasteiger partial charge in [-0.05, 0) is 23.4 Å². The molecule has 3 aromatic carbocycles. The summed E-state index contributed by atoms with van der Waals surface area (Å²) in [5, 5.41) is 2.59. The second-order valence-electron chi connectivity index (χ2n) is 7.32. The van der Waals surface area contributed by atoms with E-state index in [-0.39, 0.29) is 0 Å². The van der Waals surface area contributed by atoms with Gasteiger partial charge in [-0.15, -0.1) is 35.4 Å². The highest BCUT2D eigenvalue weighted by Crippen LogP contribution is 2.33. The van der Waals surface area contributed by atoms with Gasteiger partial charge in [0.1, 0.15) is 0 Å². The van der Waals surface area contributed by atoms with Crippen LogP contribution in [0.2, 0.25) is 0 Å². The van der Waals surface area contributed by atoms with Crippen molar-refractivity contribution in [2.75, 3.05) is 0 Å². The van der Waals surface area contributed by atoms with E-state index in [0.29, 0.717) is 5.92 Å². The lowest BCUT2D eigenvalue weighted by Gasteiger charge is -2.18. The molecule has 136 valence electrons. The summed E-state index contributed by atoms with van der Waals surface area (Å²) in [6.45, 7) is 12.1. The topological polar surface area (TPSA) is 4.93 Å². The number of aromatic nitrogens is 1. The second kappa shape index (κ2) is 7.44. The minimum absolute atomic E-state index is 0.699. The van der Waals surface area contributed by atoms with Crippen molar-refractivity contribution in [1.29, 1.82) is 0 Å². The number of nitrogens with zero attached hydrogens (tertiary/aromatic N) is 1. The predicted octanol–water partition coefficient (Wildman–Crippen LogP) is 7.10. The fraction of sp³-hybridized carbons (Fsp3) is 0.231. The van der Waals surface area contributed by atoms with E-state index in [1.807, 2.05) is 18.2 Å². The van der Waals surface area contributed by atoms with Gasteiger partial charge >= 0.3 is 0 Å². The van der Waals surface area contributed by atoms with Crippen molar-refractivity contribution in [2.45, 2.75) is 33.2 Å². The molecule has 0 amide bonds. The van der Waals surface area contributed by atoms with Gasteiger partial charge in [-0.3, -0.25) is 0 Å². The van der Waals surface area contributed by atoms with E-state index in [1.165, 1.54) is 34.6 Å². The minimum atomic E-state index is 0.699. The van der Waals surface area contributed by atoms with E-state index >= 15 is 0 Å². The third-order valence-corrected chi connectivity index (χ3v) is 5.76. The lowest BCUT2D eigenvalue weighted by Crippen LogP contribution is -2.08. The Balaban J connectivity index is 1.87. The van der Waals surface area contributed by atoms with Gasteiger partial charge in [-0.25, -0.2) is 6.58 Å². The summed E-state index contributed by atoms with van der Waals surface area (Å²) in [4.78, 5) is 0. The van der Waals surface area contributed by atoms with Gasteiger partial charge in [0.25, 0.3) is 0 Å². The second-order valence-corrected chi connectivity index (χ2v) is 7.32. The van der Waals surface area contributed by atoms with E-state index in [9.17, 15) is 0 Å². The van der Waals surface area contributed by atoms with E-state index in [1.54, 1.807) is 0 Å².